The largest absolute Gasteiger partial charge is 0.868 e. The fraction of sp³-hybridized carbons (Fsp3) is 0.136. The Morgan fingerprint density at radius 2 is 1.47 bits per heavy atom. The number of nitro groups is 2. The van der Waals surface area contributed by atoms with Crippen molar-refractivity contribution in [3.63, 3.8) is 0 Å². The quantitative estimate of drug-likeness (QED) is 0.270. The smallest absolute Gasteiger partial charge is 0.269 e. The van der Waals surface area contributed by atoms with Crippen molar-refractivity contribution in [1.29, 1.82) is 0 Å². The van der Waals surface area contributed by atoms with Gasteiger partial charge in [0, 0.05) is 42.8 Å². The maximum Gasteiger partial charge on any atom is 0.269 e. The highest BCUT2D eigenvalue weighted by Gasteiger charge is 2.12. The van der Waals surface area contributed by atoms with Crippen LogP contribution in [0.15, 0.2) is 60.8 Å². The number of pyridine rings is 1. The molecule has 0 unspecified atom stereocenters. The van der Waals surface area contributed by atoms with E-state index in [-0.39, 0.29) is 17.1 Å². The van der Waals surface area contributed by atoms with Gasteiger partial charge in [0.05, 0.1) is 9.85 Å². The van der Waals surface area contributed by atoms with Crippen molar-refractivity contribution < 1.29 is 19.5 Å². The minimum Gasteiger partial charge on any atom is -0.868 e. The molecule has 0 N–H and O–H groups in total. The summed E-state index contributed by atoms with van der Waals surface area (Å²) < 4.78 is 1.72. The summed E-state index contributed by atoms with van der Waals surface area (Å²) >= 11 is 0. The molecule has 0 spiro atoms. The van der Waals surface area contributed by atoms with E-state index in [1.54, 1.807) is 16.7 Å². The first-order chi connectivity index (χ1) is 14.2. The lowest BCUT2D eigenvalue weighted by Gasteiger charge is -2.11. The summed E-state index contributed by atoms with van der Waals surface area (Å²) in [6.45, 7) is 3.80. The molecule has 0 amide bonds. The van der Waals surface area contributed by atoms with Gasteiger partial charge in [-0.1, -0.05) is 12.1 Å². The Kier molecular flexibility index (Phi) is 5.87. The van der Waals surface area contributed by atoms with Crippen LogP contribution >= 0.6 is 0 Å². The van der Waals surface area contributed by atoms with Crippen LogP contribution in [0.3, 0.4) is 0 Å². The second-order valence-electron chi connectivity index (χ2n) is 6.93. The monoisotopic (exact) mass is 405 g/mol. The highest BCUT2D eigenvalue weighted by atomic mass is 16.6. The van der Waals surface area contributed by atoms with E-state index < -0.39 is 9.85 Å². The van der Waals surface area contributed by atoms with Crippen LogP contribution in [-0.4, -0.2) is 9.85 Å². The third-order valence-electron chi connectivity index (χ3n) is 4.79. The molecule has 3 rings (SSSR count). The molecule has 8 nitrogen and oxygen atoms in total. The van der Waals surface area contributed by atoms with Gasteiger partial charge >= 0.3 is 0 Å². The molecule has 152 valence electrons. The minimum absolute atomic E-state index is 0.0527. The van der Waals surface area contributed by atoms with Crippen molar-refractivity contribution in [1.82, 2.24) is 0 Å². The SMILES string of the molecule is Cc1c[n+](/C=C(\[O-])c2ccc([N+](=O)[O-])cc2)c(C)cc1Cc1ccc([N+](=O)[O-])cc1. The number of aromatic nitrogens is 1. The van der Waals surface area contributed by atoms with Crippen molar-refractivity contribution in [3.8, 4) is 0 Å². The van der Waals surface area contributed by atoms with Gasteiger partial charge in [-0.3, -0.25) is 20.2 Å². The van der Waals surface area contributed by atoms with Crippen LogP contribution in [0.1, 0.15) is 27.9 Å². The predicted octanol–water partition coefficient (Wildman–Crippen LogP) is 3.31. The number of aryl methyl sites for hydroxylation is 2. The summed E-state index contributed by atoms with van der Waals surface area (Å²) in [7, 11) is 0. The van der Waals surface area contributed by atoms with Gasteiger partial charge in [-0.15, -0.1) is 0 Å². The van der Waals surface area contributed by atoms with Gasteiger partial charge in [0.2, 0.25) is 0 Å². The second kappa shape index (κ2) is 8.52. The van der Waals surface area contributed by atoms with E-state index in [1.807, 2.05) is 26.1 Å². The van der Waals surface area contributed by atoms with Gasteiger partial charge < -0.3 is 5.11 Å². The first-order valence-corrected chi connectivity index (χ1v) is 9.13. The molecule has 2 aromatic carbocycles. The molecule has 1 aromatic heterocycles. The summed E-state index contributed by atoms with van der Waals surface area (Å²) in [4.78, 5) is 20.6. The summed E-state index contributed by atoms with van der Waals surface area (Å²) in [5.41, 5.74) is 4.15. The Balaban J connectivity index is 1.83. The molecule has 0 aliphatic heterocycles. The van der Waals surface area contributed by atoms with Crippen molar-refractivity contribution in [2.45, 2.75) is 20.3 Å². The molecule has 8 heteroatoms. The van der Waals surface area contributed by atoms with Crippen LogP contribution in [0.2, 0.25) is 0 Å². The lowest BCUT2D eigenvalue weighted by molar-refractivity contribution is -0.577. The molecule has 3 aromatic rings. The molecule has 0 saturated heterocycles. The molecule has 0 radical (unpaired) electrons. The molecule has 0 aliphatic carbocycles. The summed E-state index contributed by atoms with van der Waals surface area (Å²) in [5, 5.41) is 34.0. The van der Waals surface area contributed by atoms with Crippen molar-refractivity contribution in [3.05, 3.63) is 109 Å². The Labute approximate surface area is 172 Å². The molecule has 30 heavy (non-hydrogen) atoms. The summed E-state index contributed by atoms with van der Waals surface area (Å²) in [5.74, 6) is -0.263. The summed E-state index contributed by atoms with van der Waals surface area (Å²) in [6, 6.07) is 13.9. The molecule has 0 saturated carbocycles. The van der Waals surface area contributed by atoms with Crippen molar-refractivity contribution >= 4 is 23.3 Å². The average molecular weight is 405 g/mol. The fourth-order valence-electron chi connectivity index (χ4n) is 3.07. The Morgan fingerprint density at radius 3 is 2.00 bits per heavy atom. The lowest BCUT2D eigenvalue weighted by Crippen LogP contribution is -2.32. The Morgan fingerprint density at radius 1 is 0.933 bits per heavy atom. The number of nitro benzene ring substituents is 2. The fourth-order valence-corrected chi connectivity index (χ4v) is 3.07. The van der Waals surface area contributed by atoms with Gasteiger partial charge in [0.15, 0.2) is 18.1 Å². The number of hydrogen-bond donors (Lipinski definition) is 0. The molecule has 0 bridgehead atoms. The van der Waals surface area contributed by atoms with E-state index >= 15 is 0 Å². The molecule has 0 atom stereocenters. The van der Waals surface area contributed by atoms with Gasteiger partial charge in [-0.25, -0.2) is 0 Å². The van der Waals surface area contributed by atoms with Crippen LogP contribution in [0, 0.1) is 34.1 Å². The molecule has 0 aliphatic rings. The topological polar surface area (TPSA) is 113 Å². The van der Waals surface area contributed by atoms with Crippen molar-refractivity contribution in [2.24, 2.45) is 0 Å². The zero-order chi connectivity index (χ0) is 21.8. The van der Waals surface area contributed by atoms with Gasteiger partial charge in [-0.05, 0) is 47.9 Å². The maximum absolute atomic E-state index is 12.5. The van der Waals surface area contributed by atoms with E-state index in [4.69, 9.17) is 0 Å². The number of non-ortho nitro benzene ring substituents is 2. The third kappa shape index (κ3) is 4.67. The standard InChI is InChI=1S/C22H19N3O5/c1-15-13-23(14-22(26)18-5-9-21(10-6-18)25(29)30)16(2)11-19(15)12-17-3-7-20(8-4-17)24(27)28/h3-11,13-14H,12H2,1-2H3/b22-14-. The maximum atomic E-state index is 12.5. The molecular weight excluding hydrogens is 386 g/mol. The first-order valence-electron chi connectivity index (χ1n) is 9.13. The van der Waals surface area contributed by atoms with Gasteiger partial charge in [0.1, 0.15) is 0 Å². The number of hydrogen-bond acceptors (Lipinski definition) is 5. The molecular formula is C22H19N3O5. The van der Waals surface area contributed by atoms with Crippen LogP contribution in [0.4, 0.5) is 11.4 Å². The average Bonchev–Trinajstić information content (AvgIpc) is 2.72. The molecule has 0 fully saturated rings. The van der Waals surface area contributed by atoms with E-state index in [0.29, 0.717) is 12.0 Å². The van der Waals surface area contributed by atoms with Crippen LogP contribution in [0.5, 0.6) is 0 Å². The van der Waals surface area contributed by atoms with E-state index in [1.165, 1.54) is 42.6 Å². The van der Waals surface area contributed by atoms with Crippen molar-refractivity contribution in [2.75, 3.05) is 0 Å². The highest BCUT2D eigenvalue weighted by molar-refractivity contribution is 5.65. The first kappa shape index (κ1) is 20.7. The molecule has 1 heterocycles. The van der Waals surface area contributed by atoms with Crippen LogP contribution < -0.4 is 9.67 Å². The number of rotatable bonds is 6. The van der Waals surface area contributed by atoms with E-state index in [2.05, 4.69) is 0 Å². The van der Waals surface area contributed by atoms with E-state index in [9.17, 15) is 25.3 Å². The van der Waals surface area contributed by atoms with Gasteiger partial charge in [0.25, 0.3) is 11.4 Å². The predicted molar refractivity (Wildman–Crippen MR) is 109 cm³/mol. The highest BCUT2D eigenvalue weighted by Crippen LogP contribution is 2.18. The minimum atomic E-state index is -0.510. The summed E-state index contributed by atoms with van der Waals surface area (Å²) in [6.07, 6.45) is 3.90. The number of benzene rings is 2. The third-order valence-corrected chi connectivity index (χ3v) is 4.79. The Bertz CT molecular complexity index is 1140. The zero-order valence-corrected chi connectivity index (χ0v) is 16.4. The van der Waals surface area contributed by atoms with Crippen LogP contribution in [0.25, 0.3) is 12.0 Å². The Hall–Kier alpha value is -4.07. The van der Waals surface area contributed by atoms with Gasteiger partial charge in [-0.2, -0.15) is 4.57 Å². The zero-order valence-electron chi connectivity index (χ0n) is 16.4. The van der Waals surface area contributed by atoms with E-state index in [0.717, 1.165) is 22.4 Å². The second-order valence-corrected chi connectivity index (χ2v) is 6.93. The normalized spacial score (nSPS) is 11.3. The van der Waals surface area contributed by atoms with Crippen LogP contribution in [-0.2, 0) is 6.42 Å². The number of nitrogens with zero attached hydrogens (tertiary/aromatic N) is 3. The lowest BCUT2D eigenvalue weighted by atomic mass is 10.0.